The Morgan fingerprint density at radius 3 is 2.57 bits per heavy atom. The van der Waals surface area contributed by atoms with Crippen molar-refractivity contribution in [3.8, 4) is 0 Å². The average Bonchev–Trinajstić information content (AvgIpc) is 2.79. The van der Waals surface area contributed by atoms with E-state index in [4.69, 9.17) is 0 Å². The molecule has 3 aliphatic carbocycles. The maximum atomic E-state index is 10.2. The number of aliphatic hydroxyl groups is 1. The standard InChI is InChI=1S/C13H22O/c1-9-6-13(14,7-9)8-10-2-3-11-5-12(11)4-10/h9-12,14H,2-8H2,1H3. The lowest BCUT2D eigenvalue weighted by Crippen LogP contribution is -2.44. The molecule has 0 heterocycles. The number of fused-ring (bicyclic) bond motifs is 1. The number of rotatable bonds is 2. The Hall–Kier alpha value is -0.0400. The molecule has 0 bridgehead atoms. The summed E-state index contributed by atoms with van der Waals surface area (Å²) in [5.74, 6) is 3.80. The van der Waals surface area contributed by atoms with Gasteiger partial charge in [-0.1, -0.05) is 13.3 Å². The lowest BCUT2D eigenvalue weighted by atomic mass is 9.66. The quantitative estimate of drug-likeness (QED) is 0.716. The van der Waals surface area contributed by atoms with Crippen LogP contribution in [0.1, 0.15) is 51.9 Å². The Balaban J connectivity index is 1.52. The lowest BCUT2D eigenvalue weighted by Gasteiger charge is -2.44. The third kappa shape index (κ3) is 1.60. The molecule has 0 aliphatic heterocycles. The molecule has 0 saturated heterocycles. The monoisotopic (exact) mass is 194 g/mol. The van der Waals surface area contributed by atoms with E-state index in [-0.39, 0.29) is 5.60 Å². The van der Waals surface area contributed by atoms with Crippen LogP contribution in [0.15, 0.2) is 0 Å². The fourth-order valence-corrected chi connectivity index (χ4v) is 4.08. The number of hydrogen-bond acceptors (Lipinski definition) is 1. The van der Waals surface area contributed by atoms with E-state index in [0.717, 1.165) is 42.9 Å². The van der Waals surface area contributed by atoms with Crippen molar-refractivity contribution in [1.29, 1.82) is 0 Å². The summed E-state index contributed by atoms with van der Waals surface area (Å²) in [6, 6.07) is 0. The summed E-state index contributed by atoms with van der Waals surface area (Å²) in [5, 5.41) is 10.2. The molecule has 1 nitrogen and oxygen atoms in total. The average molecular weight is 194 g/mol. The Morgan fingerprint density at radius 1 is 1.14 bits per heavy atom. The smallest absolute Gasteiger partial charge is 0.0655 e. The van der Waals surface area contributed by atoms with Gasteiger partial charge in [0.25, 0.3) is 0 Å². The Labute approximate surface area is 86.9 Å². The zero-order valence-corrected chi connectivity index (χ0v) is 9.21. The molecule has 0 aromatic carbocycles. The molecule has 0 aromatic rings. The van der Waals surface area contributed by atoms with Crippen LogP contribution >= 0.6 is 0 Å². The Morgan fingerprint density at radius 2 is 1.93 bits per heavy atom. The van der Waals surface area contributed by atoms with Crippen molar-refractivity contribution >= 4 is 0 Å². The Kier molecular flexibility index (Phi) is 1.96. The van der Waals surface area contributed by atoms with Gasteiger partial charge in [-0.3, -0.25) is 0 Å². The molecular weight excluding hydrogens is 172 g/mol. The van der Waals surface area contributed by atoms with Crippen molar-refractivity contribution < 1.29 is 5.11 Å². The zero-order valence-electron chi connectivity index (χ0n) is 9.21. The fourth-order valence-electron chi connectivity index (χ4n) is 4.08. The van der Waals surface area contributed by atoms with Crippen molar-refractivity contribution in [3.63, 3.8) is 0 Å². The minimum atomic E-state index is -0.244. The second-order valence-corrected chi connectivity index (χ2v) is 6.38. The highest BCUT2D eigenvalue weighted by molar-refractivity contribution is 4.98. The largest absolute Gasteiger partial charge is 0.390 e. The van der Waals surface area contributed by atoms with Crippen LogP contribution in [0, 0.1) is 23.7 Å². The second kappa shape index (κ2) is 2.98. The van der Waals surface area contributed by atoms with Crippen LogP contribution in [-0.4, -0.2) is 10.7 Å². The first-order chi connectivity index (χ1) is 6.65. The molecule has 14 heavy (non-hydrogen) atoms. The summed E-state index contributed by atoms with van der Waals surface area (Å²) in [5.41, 5.74) is -0.244. The maximum Gasteiger partial charge on any atom is 0.0655 e. The van der Waals surface area contributed by atoms with Gasteiger partial charge in [-0.2, -0.15) is 0 Å². The zero-order chi connectivity index (χ0) is 9.76. The highest BCUT2D eigenvalue weighted by atomic mass is 16.3. The van der Waals surface area contributed by atoms with Crippen molar-refractivity contribution in [2.45, 2.75) is 57.5 Å². The molecular formula is C13H22O. The van der Waals surface area contributed by atoms with Crippen LogP contribution in [0.5, 0.6) is 0 Å². The molecule has 0 amide bonds. The molecule has 1 N–H and O–H groups in total. The van der Waals surface area contributed by atoms with Gasteiger partial charge in [0.05, 0.1) is 5.60 Å². The normalized spacial score (nSPS) is 56.1. The van der Waals surface area contributed by atoms with Crippen molar-refractivity contribution in [2.24, 2.45) is 23.7 Å². The first kappa shape index (κ1) is 9.21. The van der Waals surface area contributed by atoms with E-state index < -0.39 is 0 Å². The Bertz CT molecular complexity index is 229. The molecule has 3 aliphatic rings. The number of hydrogen-bond donors (Lipinski definition) is 1. The van der Waals surface area contributed by atoms with Gasteiger partial charge in [0, 0.05) is 0 Å². The third-order valence-corrected chi connectivity index (χ3v) is 4.78. The predicted molar refractivity (Wildman–Crippen MR) is 56.9 cm³/mol. The van der Waals surface area contributed by atoms with Crippen LogP contribution in [0.2, 0.25) is 0 Å². The van der Waals surface area contributed by atoms with E-state index >= 15 is 0 Å². The molecule has 0 aromatic heterocycles. The maximum absolute atomic E-state index is 10.2. The van der Waals surface area contributed by atoms with Crippen molar-refractivity contribution in [3.05, 3.63) is 0 Å². The van der Waals surface area contributed by atoms with E-state index in [0.29, 0.717) is 0 Å². The highest BCUT2D eigenvalue weighted by Gasteiger charge is 2.46. The van der Waals surface area contributed by atoms with Crippen LogP contribution in [0.25, 0.3) is 0 Å². The van der Waals surface area contributed by atoms with Gasteiger partial charge < -0.3 is 5.11 Å². The highest BCUT2D eigenvalue weighted by Crippen LogP contribution is 2.54. The lowest BCUT2D eigenvalue weighted by molar-refractivity contribution is -0.0872. The molecule has 3 saturated carbocycles. The molecule has 3 unspecified atom stereocenters. The van der Waals surface area contributed by atoms with E-state index in [1.807, 2.05) is 0 Å². The van der Waals surface area contributed by atoms with Crippen LogP contribution in [0.4, 0.5) is 0 Å². The van der Waals surface area contributed by atoms with Gasteiger partial charge in [-0.15, -0.1) is 0 Å². The first-order valence-electron chi connectivity index (χ1n) is 6.37. The molecule has 0 radical (unpaired) electrons. The molecule has 0 spiro atoms. The summed E-state index contributed by atoms with van der Waals surface area (Å²) in [4.78, 5) is 0. The molecule has 80 valence electrons. The SMILES string of the molecule is CC1CC(O)(CC2CCC3CC3C2)C1. The fraction of sp³-hybridized carbons (Fsp3) is 1.00. The van der Waals surface area contributed by atoms with Crippen LogP contribution in [0.3, 0.4) is 0 Å². The summed E-state index contributed by atoms with van der Waals surface area (Å²) >= 11 is 0. The van der Waals surface area contributed by atoms with Gasteiger partial charge >= 0.3 is 0 Å². The van der Waals surface area contributed by atoms with Gasteiger partial charge in [0.15, 0.2) is 0 Å². The van der Waals surface area contributed by atoms with Gasteiger partial charge in [0.1, 0.15) is 0 Å². The molecule has 1 heteroatoms. The van der Waals surface area contributed by atoms with Crippen LogP contribution in [-0.2, 0) is 0 Å². The van der Waals surface area contributed by atoms with Crippen LogP contribution < -0.4 is 0 Å². The second-order valence-electron chi connectivity index (χ2n) is 6.38. The molecule has 3 atom stereocenters. The van der Waals surface area contributed by atoms with E-state index in [2.05, 4.69) is 6.92 Å². The summed E-state index contributed by atoms with van der Waals surface area (Å²) in [7, 11) is 0. The molecule has 3 rings (SSSR count). The molecule has 3 fully saturated rings. The van der Waals surface area contributed by atoms with E-state index in [9.17, 15) is 5.11 Å². The van der Waals surface area contributed by atoms with E-state index in [1.54, 1.807) is 0 Å². The summed E-state index contributed by atoms with van der Waals surface area (Å²) in [6.07, 6.45) is 9.04. The summed E-state index contributed by atoms with van der Waals surface area (Å²) < 4.78 is 0. The van der Waals surface area contributed by atoms with Crippen molar-refractivity contribution in [1.82, 2.24) is 0 Å². The van der Waals surface area contributed by atoms with Gasteiger partial charge in [-0.25, -0.2) is 0 Å². The topological polar surface area (TPSA) is 20.2 Å². The predicted octanol–water partition coefficient (Wildman–Crippen LogP) is 2.97. The van der Waals surface area contributed by atoms with E-state index in [1.165, 1.54) is 25.7 Å². The van der Waals surface area contributed by atoms with Gasteiger partial charge in [-0.05, 0) is 62.2 Å². The van der Waals surface area contributed by atoms with Gasteiger partial charge in [0.2, 0.25) is 0 Å². The third-order valence-electron chi connectivity index (χ3n) is 4.78. The van der Waals surface area contributed by atoms with Crippen molar-refractivity contribution in [2.75, 3.05) is 0 Å². The first-order valence-corrected chi connectivity index (χ1v) is 6.37. The summed E-state index contributed by atoms with van der Waals surface area (Å²) in [6.45, 7) is 2.26. The minimum Gasteiger partial charge on any atom is -0.390 e. The minimum absolute atomic E-state index is 0.244.